The maximum atomic E-state index is 15.7. The van der Waals surface area contributed by atoms with Gasteiger partial charge in [0.05, 0.1) is 7.11 Å². The van der Waals surface area contributed by atoms with Crippen LogP contribution in [0.25, 0.3) is 0 Å². The summed E-state index contributed by atoms with van der Waals surface area (Å²) in [7, 11) is 2.66. The summed E-state index contributed by atoms with van der Waals surface area (Å²) in [5.41, 5.74) is -7.46. The van der Waals surface area contributed by atoms with E-state index in [1.54, 1.807) is 0 Å². The molecule has 1 aromatic carbocycles. The molecular formula is C17H17ClF3NO3. The Hall–Kier alpha value is -1.99. The Labute approximate surface area is 147 Å². The summed E-state index contributed by atoms with van der Waals surface area (Å²) in [5, 5.41) is 10.5. The number of hydrogen-bond acceptors (Lipinski definition) is 3. The fourth-order valence-corrected chi connectivity index (χ4v) is 2.85. The third kappa shape index (κ3) is 3.14. The summed E-state index contributed by atoms with van der Waals surface area (Å²) in [6.07, 6.45) is -2.50. The predicted molar refractivity (Wildman–Crippen MR) is 88.0 cm³/mol. The molecule has 2 rings (SSSR count). The molecule has 1 N–H and O–H groups in total. The third-order valence-electron chi connectivity index (χ3n) is 4.22. The van der Waals surface area contributed by atoms with Crippen molar-refractivity contribution < 1.29 is 23.0 Å². The van der Waals surface area contributed by atoms with E-state index in [2.05, 4.69) is 0 Å². The number of methoxy groups -OCH3 is 1. The van der Waals surface area contributed by atoms with Crippen LogP contribution in [0.15, 0.2) is 41.3 Å². The minimum Gasteiger partial charge on any atom is -0.497 e. The van der Waals surface area contributed by atoms with Crippen LogP contribution in [-0.2, 0) is 18.3 Å². The monoisotopic (exact) mass is 375 g/mol. The van der Waals surface area contributed by atoms with Crippen molar-refractivity contribution in [2.24, 2.45) is 7.05 Å². The first kappa shape index (κ1) is 19.3. The van der Waals surface area contributed by atoms with Gasteiger partial charge in [0, 0.05) is 35.5 Å². The first-order valence-corrected chi connectivity index (χ1v) is 7.64. The van der Waals surface area contributed by atoms with Crippen molar-refractivity contribution in [3.63, 3.8) is 0 Å². The maximum Gasteiger partial charge on any atom is 0.279 e. The van der Waals surface area contributed by atoms with Crippen LogP contribution in [0.3, 0.4) is 0 Å². The molecule has 136 valence electrons. The first-order valence-electron chi connectivity index (χ1n) is 7.26. The molecule has 2 aromatic rings. The Balaban J connectivity index is 2.74. The van der Waals surface area contributed by atoms with Gasteiger partial charge in [-0.2, -0.15) is 0 Å². The molecule has 0 aliphatic heterocycles. The lowest BCUT2D eigenvalue weighted by atomic mass is 9.76. The fraction of sp³-hybridized carbons (Fsp3) is 0.353. The SMILES string of the molecule is COc1ccc(Cl)c(C(F)(C(F)F)C(C)(O)c2ccc(=O)n(C)c2)c1. The number of nitrogens with zero attached hydrogens (tertiary/aromatic N) is 1. The molecule has 2 unspecified atom stereocenters. The van der Waals surface area contributed by atoms with Gasteiger partial charge in [0.15, 0.2) is 0 Å². The van der Waals surface area contributed by atoms with Gasteiger partial charge in [-0.25, -0.2) is 13.2 Å². The predicted octanol–water partition coefficient (Wildman–Crippen LogP) is 3.38. The fourth-order valence-electron chi connectivity index (χ4n) is 2.59. The van der Waals surface area contributed by atoms with Crippen molar-refractivity contribution in [1.82, 2.24) is 4.57 Å². The normalized spacial score (nSPS) is 16.4. The summed E-state index contributed by atoms with van der Waals surface area (Å²) in [4.78, 5) is 11.5. The molecule has 0 saturated carbocycles. The number of pyridine rings is 1. The number of hydrogen-bond donors (Lipinski definition) is 1. The summed E-state index contributed by atoms with van der Waals surface area (Å²) in [6, 6.07) is 5.78. The molecule has 1 heterocycles. The molecule has 1 aromatic heterocycles. The van der Waals surface area contributed by atoms with Gasteiger partial charge in [0.1, 0.15) is 11.4 Å². The van der Waals surface area contributed by atoms with Crippen LogP contribution in [0.5, 0.6) is 5.75 Å². The van der Waals surface area contributed by atoms with Crippen molar-refractivity contribution in [2.45, 2.75) is 24.6 Å². The van der Waals surface area contributed by atoms with E-state index in [4.69, 9.17) is 16.3 Å². The highest BCUT2D eigenvalue weighted by atomic mass is 35.5. The van der Waals surface area contributed by atoms with Gasteiger partial charge >= 0.3 is 0 Å². The summed E-state index contributed by atoms with van der Waals surface area (Å²) in [5.74, 6) is 0.110. The molecule has 2 atom stereocenters. The minimum atomic E-state index is -3.61. The molecule has 0 fully saturated rings. The lowest BCUT2D eigenvalue weighted by Crippen LogP contribution is -2.49. The van der Waals surface area contributed by atoms with Crippen LogP contribution in [0.2, 0.25) is 5.02 Å². The van der Waals surface area contributed by atoms with Crippen molar-refractivity contribution in [3.05, 3.63) is 63.0 Å². The van der Waals surface area contributed by atoms with Crippen molar-refractivity contribution in [1.29, 1.82) is 0 Å². The van der Waals surface area contributed by atoms with E-state index in [-0.39, 0.29) is 16.3 Å². The maximum absolute atomic E-state index is 15.7. The number of alkyl halides is 3. The zero-order valence-corrected chi connectivity index (χ0v) is 14.5. The van der Waals surface area contributed by atoms with Crippen molar-refractivity contribution >= 4 is 11.6 Å². The zero-order valence-electron chi connectivity index (χ0n) is 13.8. The Morgan fingerprint density at radius 2 is 1.92 bits per heavy atom. The lowest BCUT2D eigenvalue weighted by molar-refractivity contribution is -0.176. The van der Waals surface area contributed by atoms with E-state index in [9.17, 15) is 18.7 Å². The number of aryl methyl sites for hydroxylation is 1. The molecule has 0 spiro atoms. The number of ether oxygens (including phenoxy) is 1. The molecule has 0 aliphatic rings. The van der Waals surface area contributed by atoms with Crippen LogP contribution in [-0.4, -0.2) is 23.2 Å². The smallest absolute Gasteiger partial charge is 0.279 e. The molecule has 4 nitrogen and oxygen atoms in total. The minimum absolute atomic E-state index is 0.110. The average molecular weight is 376 g/mol. The van der Waals surface area contributed by atoms with Crippen LogP contribution < -0.4 is 10.3 Å². The van der Waals surface area contributed by atoms with Crippen LogP contribution >= 0.6 is 11.6 Å². The van der Waals surface area contributed by atoms with Crippen LogP contribution in [0.1, 0.15) is 18.1 Å². The Bertz CT molecular complexity index is 838. The number of aromatic nitrogens is 1. The second-order valence-electron chi connectivity index (χ2n) is 5.80. The second kappa shape index (κ2) is 6.72. The third-order valence-corrected chi connectivity index (χ3v) is 4.55. The van der Waals surface area contributed by atoms with E-state index in [0.29, 0.717) is 0 Å². The summed E-state index contributed by atoms with van der Waals surface area (Å²) < 4.78 is 49.4. The van der Waals surface area contributed by atoms with E-state index in [1.807, 2.05) is 0 Å². The van der Waals surface area contributed by atoms with E-state index in [0.717, 1.165) is 35.9 Å². The van der Waals surface area contributed by atoms with E-state index < -0.39 is 28.8 Å². The molecule has 0 saturated heterocycles. The van der Waals surface area contributed by atoms with Gasteiger partial charge in [-0.1, -0.05) is 11.6 Å². The number of aliphatic hydroxyl groups is 1. The van der Waals surface area contributed by atoms with Gasteiger partial charge in [-0.3, -0.25) is 4.79 Å². The molecule has 25 heavy (non-hydrogen) atoms. The number of halogens is 4. The Morgan fingerprint density at radius 1 is 1.28 bits per heavy atom. The van der Waals surface area contributed by atoms with Crippen molar-refractivity contribution in [2.75, 3.05) is 7.11 Å². The largest absolute Gasteiger partial charge is 0.497 e. The topological polar surface area (TPSA) is 51.5 Å². The highest BCUT2D eigenvalue weighted by Crippen LogP contribution is 2.50. The number of rotatable bonds is 5. The summed E-state index contributed by atoms with van der Waals surface area (Å²) in [6.45, 7) is 0.911. The average Bonchev–Trinajstić information content (AvgIpc) is 2.56. The van der Waals surface area contributed by atoms with Gasteiger partial charge in [0.2, 0.25) is 11.2 Å². The van der Waals surface area contributed by atoms with Gasteiger partial charge in [-0.15, -0.1) is 0 Å². The van der Waals surface area contributed by atoms with E-state index >= 15 is 4.39 Å². The lowest BCUT2D eigenvalue weighted by Gasteiger charge is -2.39. The standard InChI is InChI=1S/C17H17ClF3NO3/c1-16(24,10-4-7-14(23)22(2)9-10)17(21,15(19)20)12-8-11(25-3)5-6-13(12)18/h4-9,15,24H,1-3H3. The van der Waals surface area contributed by atoms with Crippen LogP contribution in [0.4, 0.5) is 13.2 Å². The van der Waals surface area contributed by atoms with E-state index in [1.165, 1.54) is 26.3 Å². The Morgan fingerprint density at radius 3 is 2.44 bits per heavy atom. The van der Waals surface area contributed by atoms with Crippen molar-refractivity contribution in [3.8, 4) is 5.75 Å². The molecule has 8 heteroatoms. The highest BCUT2D eigenvalue weighted by Gasteiger charge is 2.58. The van der Waals surface area contributed by atoms with Crippen LogP contribution in [0, 0.1) is 0 Å². The molecule has 0 bridgehead atoms. The molecule has 0 amide bonds. The second-order valence-corrected chi connectivity index (χ2v) is 6.20. The first-order chi connectivity index (χ1) is 11.6. The quantitative estimate of drug-likeness (QED) is 0.871. The zero-order chi connectivity index (χ0) is 19.0. The van der Waals surface area contributed by atoms with Gasteiger partial charge in [0.25, 0.3) is 6.43 Å². The molecule has 0 radical (unpaired) electrons. The molecular weight excluding hydrogens is 359 g/mol. The number of benzene rings is 1. The molecule has 0 aliphatic carbocycles. The highest BCUT2D eigenvalue weighted by molar-refractivity contribution is 6.31. The summed E-state index contributed by atoms with van der Waals surface area (Å²) >= 11 is 5.94. The van der Waals surface area contributed by atoms with Gasteiger partial charge < -0.3 is 14.4 Å². The van der Waals surface area contributed by atoms with Gasteiger partial charge in [-0.05, 0) is 31.2 Å². The Kier molecular flexibility index (Phi) is 5.20.